The molecule has 1 rings (SSSR count). The Bertz CT molecular complexity index is 492. The molecule has 0 aliphatic carbocycles. The Morgan fingerprint density at radius 1 is 1.00 bits per heavy atom. The first kappa shape index (κ1) is 18.2. The molecule has 0 saturated heterocycles. The third-order valence-corrected chi connectivity index (χ3v) is 3.77. The maximum Gasteiger partial charge on any atom is 0.235 e. The van der Waals surface area contributed by atoms with Gasteiger partial charge in [-0.3, -0.25) is 9.59 Å². The van der Waals surface area contributed by atoms with Gasteiger partial charge in [-0.25, -0.2) is 0 Å². The third-order valence-electron chi connectivity index (χ3n) is 3.77. The molecule has 0 radical (unpaired) electrons. The van der Waals surface area contributed by atoms with Crippen molar-refractivity contribution in [1.82, 2.24) is 10.6 Å². The number of unbranched alkanes of at least 4 members (excludes halogenated alkanes) is 2. The van der Waals surface area contributed by atoms with Crippen LogP contribution in [0.25, 0.3) is 0 Å². The molecule has 0 bridgehead atoms. The number of carbonyl (C=O) groups is 2. The van der Waals surface area contributed by atoms with Gasteiger partial charge < -0.3 is 10.6 Å². The molecule has 0 aliphatic heterocycles. The maximum atomic E-state index is 12.3. The number of carbonyl (C=O) groups excluding carboxylic acids is 2. The lowest BCUT2D eigenvalue weighted by Crippen LogP contribution is -2.47. The summed E-state index contributed by atoms with van der Waals surface area (Å²) in [6.07, 6.45) is 3.14. The number of nitrogens with one attached hydrogen (secondary N) is 2. The smallest absolute Gasteiger partial charge is 0.235 e. The molecule has 4 heteroatoms. The van der Waals surface area contributed by atoms with E-state index >= 15 is 0 Å². The molecular formula is C18H28N2O2. The molecule has 2 N–H and O–H groups in total. The fourth-order valence-electron chi connectivity index (χ4n) is 2.01. The topological polar surface area (TPSA) is 58.2 Å². The van der Waals surface area contributed by atoms with Gasteiger partial charge in [-0.2, -0.15) is 0 Å². The van der Waals surface area contributed by atoms with E-state index in [0.717, 1.165) is 24.8 Å². The Hall–Kier alpha value is -1.84. The Morgan fingerprint density at radius 2 is 1.59 bits per heavy atom. The molecule has 22 heavy (non-hydrogen) atoms. The van der Waals surface area contributed by atoms with E-state index in [0.29, 0.717) is 13.1 Å². The highest BCUT2D eigenvalue weighted by Gasteiger charge is 2.35. The predicted octanol–water partition coefficient (Wildman–Crippen LogP) is 2.94. The number of hydrogen-bond acceptors (Lipinski definition) is 2. The molecule has 122 valence electrons. The highest BCUT2D eigenvalue weighted by molar-refractivity contribution is 6.04. The summed E-state index contributed by atoms with van der Waals surface area (Å²) in [6, 6.07) is 7.97. The van der Waals surface area contributed by atoms with Gasteiger partial charge in [0.1, 0.15) is 5.41 Å². The van der Waals surface area contributed by atoms with E-state index in [1.54, 1.807) is 13.8 Å². The first-order valence-electron chi connectivity index (χ1n) is 8.00. The van der Waals surface area contributed by atoms with Crippen molar-refractivity contribution in [3.05, 3.63) is 35.4 Å². The summed E-state index contributed by atoms with van der Waals surface area (Å²) in [5, 5.41) is 5.69. The zero-order valence-electron chi connectivity index (χ0n) is 14.2. The van der Waals surface area contributed by atoms with Crippen LogP contribution in [0.1, 0.15) is 51.2 Å². The molecule has 4 nitrogen and oxygen atoms in total. The van der Waals surface area contributed by atoms with Gasteiger partial charge in [-0.15, -0.1) is 0 Å². The first-order chi connectivity index (χ1) is 10.4. The number of aryl methyl sites for hydroxylation is 1. The van der Waals surface area contributed by atoms with Crippen LogP contribution in [0, 0.1) is 12.3 Å². The molecule has 0 aromatic heterocycles. The minimum atomic E-state index is -1.06. The van der Waals surface area contributed by atoms with Crippen molar-refractivity contribution in [3.8, 4) is 0 Å². The minimum absolute atomic E-state index is 0.218. The van der Waals surface area contributed by atoms with E-state index in [4.69, 9.17) is 0 Å². The fraction of sp³-hybridized carbons (Fsp3) is 0.556. The second kappa shape index (κ2) is 8.57. The summed E-state index contributed by atoms with van der Waals surface area (Å²) in [5.41, 5.74) is 1.15. The molecule has 0 saturated carbocycles. The maximum absolute atomic E-state index is 12.3. The van der Waals surface area contributed by atoms with Crippen LogP contribution in [-0.2, 0) is 16.1 Å². The van der Waals surface area contributed by atoms with Gasteiger partial charge in [0.2, 0.25) is 11.8 Å². The van der Waals surface area contributed by atoms with Crippen molar-refractivity contribution < 1.29 is 9.59 Å². The first-order valence-corrected chi connectivity index (χ1v) is 8.00. The summed E-state index contributed by atoms with van der Waals surface area (Å²) in [7, 11) is 0. The van der Waals surface area contributed by atoms with Crippen molar-refractivity contribution in [1.29, 1.82) is 0 Å². The van der Waals surface area contributed by atoms with Crippen LogP contribution in [-0.4, -0.2) is 18.4 Å². The molecule has 2 amide bonds. The van der Waals surface area contributed by atoms with Crippen molar-refractivity contribution in [2.75, 3.05) is 6.54 Å². The predicted molar refractivity (Wildman–Crippen MR) is 89.3 cm³/mol. The summed E-state index contributed by atoms with van der Waals surface area (Å²) in [5.74, 6) is -0.467. The van der Waals surface area contributed by atoms with Gasteiger partial charge >= 0.3 is 0 Å². The van der Waals surface area contributed by atoms with Crippen LogP contribution in [0.5, 0.6) is 0 Å². The Labute approximate surface area is 133 Å². The van der Waals surface area contributed by atoms with Gasteiger partial charge in [0.15, 0.2) is 0 Å². The van der Waals surface area contributed by atoms with Crippen molar-refractivity contribution in [2.24, 2.45) is 5.41 Å². The largest absolute Gasteiger partial charge is 0.355 e. The van der Waals surface area contributed by atoms with E-state index < -0.39 is 5.41 Å². The monoisotopic (exact) mass is 304 g/mol. The Kier molecular flexibility index (Phi) is 7.09. The Morgan fingerprint density at radius 3 is 2.18 bits per heavy atom. The van der Waals surface area contributed by atoms with Gasteiger partial charge in [0.25, 0.3) is 0 Å². The summed E-state index contributed by atoms with van der Waals surface area (Å²) in [4.78, 5) is 24.4. The van der Waals surface area contributed by atoms with E-state index in [1.807, 2.05) is 31.2 Å². The lowest BCUT2D eigenvalue weighted by atomic mass is 9.91. The van der Waals surface area contributed by atoms with Crippen molar-refractivity contribution in [3.63, 3.8) is 0 Å². The molecule has 0 fully saturated rings. The van der Waals surface area contributed by atoms with Crippen LogP contribution in [0.15, 0.2) is 24.3 Å². The molecular weight excluding hydrogens is 276 g/mol. The van der Waals surface area contributed by atoms with E-state index in [2.05, 4.69) is 17.6 Å². The van der Waals surface area contributed by atoms with Crippen LogP contribution < -0.4 is 10.6 Å². The zero-order chi connectivity index (χ0) is 16.6. The molecule has 0 atom stereocenters. The van der Waals surface area contributed by atoms with Crippen molar-refractivity contribution >= 4 is 11.8 Å². The standard InChI is InChI=1S/C18H28N2O2/c1-5-6-7-12-19-16(21)18(3,4)17(22)20-13-15-10-8-14(2)9-11-15/h8-11H,5-7,12-13H2,1-4H3,(H,19,21)(H,20,22). The van der Waals surface area contributed by atoms with Crippen LogP contribution in [0.3, 0.4) is 0 Å². The van der Waals surface area contributed by atoms with Crippen LogP contribution in [0.2, 0.25) is 0 Å². The number of hydrogen-bond donors (Lipinski definition) is 2. The second-order valence-corrected chi connectivity index (χ2v) is 6.26. The lowest BCUT2D eigenvalue weighted by Gasteiger charge is -2.22. The van der Waals surface area contributed by atoms with E-state index in [1.165, 1.54) is 5.56 Å². The highest BCUT2D eigenvalue weighted by atomic mass is 16.2. The number of benzene rings is 1. The minimum Gasteiger partial charge on any atom is -0.355 e. The summed E-state index contributed by atoms with van der Waals surface area (Å²) in [6.45, 7) is 8.52. The number of amides is 2. The molecule has 1 aromatic rings. The third kappa shape index (κ3) is 5.51. The van der Waals surface area contributed by atoms with E-state index in [9.17, 15) is 9.59 Å². The lowest BCUT2D eigenvalue weighted by molar-refractivity contribution is -0.141. The molecule has 0 spiro atoms. The van der Waals surface area contributed by atoms with Gasteiger partial charge in [0, 0.05) is 13.1 Å². The van der Waals surface area contributed by atoms with Gasteiger partial charge in [-0.05, 0) is 32.8 Å². The molecule has 0 unspecified atom stereocenters. The zero-order valence-corrected chi connectivity index (χ0v) is 14.2. The van der Waals surface area contributed by atoms with Gasteiger partial charge in [-0.1, -0.05) is 49.6 Å². The molecule has 0 heterocycles. The summed E-state index contributed by atoms with van der Waals surface area (Å²) < 4.78 is 0. The highest BCUT2D eigenvalue weighted by Crippen LogP contribution is 2.16. The average molecular weight is 304 g/mol. The van der Waals surface area contributed by atoms with Crippen LogP contribution in [0.4, 0.5) is 0 Å². The average Bonchev–Trinajstić information content (AvgIpc) is 2.50. The second-order valence-electron chi connectivity index (χ2n) is 6.26. The summed E-state index contributed by atoms with van der Waals surface area (Å²) >= 11 is 0. The van der Waals surface area contributed by atoms with E-state index in [-0.39, 0.29) is 11.8 Å². The quantitative estimate of drug-likeness (QED) is 0.573. The number of rotatable bonds is 8. The Balaban J connectivity index is 2.47. The molecule has 1 aromatic carbocycles. The van der Waals surface area contributed by atoms with Crippen LogP contribution >= 0.6 is 0 Å². The van der Waals surface area contributed by atoms with Gasteiger partial charge in [0.05, 0.1) is 0 Å². The SMILES string of the molecule is CCCCCNC(=O)C(C)(C)C(=O)NCc1ccc(C)cc1. The molecule has 0 aliphatic rings. The van der Waals surface area contributed by atoms with Crippen molar-refractivity contribution in [2.45, 2.75) is 53.5 Å². The fourth-order valence-corrected chi connectivity index (χ4v) is 2.01. The normalized spacial score (nSPS) is 11.1.